The van der Waals surface area contributed by atoms with Crippen molar-refractivity contribution < 1.29 is 9.47 Å². The third-order valence-corrected chi connectivity index (χ3v) is 7.09. The first-order valence-electron chi connectivity index (χ1n) is 11.7. The number of nitrogens with zero attached hydrogens (tertiary/aromatic N) is 2. The van der Waals surface area contributed by atoms with Gasteiger partial charge in [-0.2, -0.15) is 5.01 Å². The fourth-order valence-corrected chi connectivity index (χ4v) is 5.32. The van der Waals surface area contributed by atoms with Gasteiger partial charge in [-0.05, 0) is 29.8 Å². The Morgan fingerprint density at radius 3 is 2.58 bits per heavy atom. The van der Waals surface area contributed by atoms with Gasteiger partial charge in [0.1, 0.15) is 11.5 Å². The van der Waals surface area contributed by atoms with Crippen LogP contribution in [-0.2, 0) is 6.54 Å². The van der Waals surface area contributed by atoms with Crippen molar-refractivity contribution in [1.29, 1.82) is 0 Å². The number of fused-ring (bicyclic) bond motifs is 4. The third kappa shape index (κ3) is 3.67. The fourth-order valence-electron chi connectivity index (χ4n) is 5.32. The summed E-state index contributed by atoms with van der Waals surface area (Å²) in [6.45, 7) is 2.98. The quantitative estimate of drug-likeness (QED) is 0.620. The normalized spacial score (nSPS) is 21.5. The van der Waals surface area contributed by atoms with Gasteiger partial charge >= 0.3 is 0 Å². The van der Waals surface area contributed by atoms with E-state index in [2.05, 4.69) is 88.1 Å². The molecule has 1 atom stereocenters. The van der Waals surface area contributed by atoms with Crippen molar-refractivity contribution in [1.82, 2.24) is 15.3 Å². The highest BCUT2D eigenvalue weighted by atomic mass is 16.5. The monoisotopic (exact) mass is 439 g/mol. The molecule has 1 spiro atoms. The molecule has 1 fully saturated rings. The second-order valence-electron chi connectivity index (χ2n) is 9.09. The van der Waals surface area contributed by atoms with Gasteiger partial charge in [-0.3, -0.25) is 4.90 Å². The first kappa shape index (κ1) is 20.3. The molecule has 168 valence electrons. The van der Waals surface area contributed by atoms with Crippen LogP contribution in [0.3, 0.4) is 0 Å². The van der Waals surface area contributed by atoms with Gasteiger partial charge in [0.15, 0.2) is 5.72 Å². The largest absolute Gasteiger partial charge is 0.497 e. The van der Waals surface area contributed by atoms with Gasteiger partial charge in [-0.25, -0.2) is 0 Å². The van der Waals surface area contributed by atoms with Gasteiger partial charge in [-0.1, -0.05) is 60.7 Å². The minimum absolute atomic E-state index is 0.136. The highest BCUT2D eigenvalue weighted by Crippen LogP contribution is 2.48. The standard InChI is InChI=1S/C28H29N3O2/c1-32-23-11-7-10-22(18-23)25-19-26-24-12-5-6-13-27(24)33-28(31(26)29-25)14-16-30(17-15-28)20-21-8-3-2-4-9-21/h2-13,18-19,26,29H,14-17,20H2,1H3. The molecule has 33 heavy (non-hydrogen) atoms. The molecule has 0 bridgehead atoms. The van der Waals surface area contributed by atoms with Crippen LogP contribution in [-0.4, -0.2) is 35.8 Å². The Morgan fingerprint density at radius 2 is 1.76 bits per heavy atom. The summed E-state index contributed by atoms with van der Waals surface area (Å²) in [7, 11) is 1.71. The highest BCUT2D eigenvalue weighted by molar-refractivity contribution is 5.68. The number of methoxy groups -OCH3 is 1. The topological polar surface area (TPSA) is 37.0 Å². The third-order valence-electron chi connectivity index (χ3n) is 7.09. The summed E-state index contributed by atoms with van der Waals surface area (Å²) in [5.41, 5.74) is 8.15. The smallest absolute Gasteiger partial charge is 0.182 e. The molecular weight excluding hydrogens is 410 g/mol. The van der Waals surface area contributed by atoms with E-state index in [0.29, 0.717) is 0 Å². The summed E-state index contributed by atoms with van der Waals surface area (Å²) < 4.78 is 12.2. The van der Waals surface area contributed by atoms with Crippen LogP contribution < -0.4 is 14.9 Å². The van der Waals surface area contributed by atoms with Gasteiger partial charge in [0.25, 0.3) is 0 Å². The van der Waals surface area contributed by atoms with E-state index in [-0.39, 0.29) is 11.8 Å². The van der Waals surface area contributed by atoms with Crippen LogP contribution in [0.4, 0.5) is 0 Å². The van der Waals surface area contributed by atoms with Crippen LogP contribution in [0.2, 0.25) is 0 Å². The number of hydrogen-bond donors (Lipinski definition) is 1. The number of hydrogen-bond acceptors (Lipinski definition) is 5. The molecule has 1 unspecified atom stereocenters. The van der Waals surface area contributed by atoms with Crippen LogP contribution in [0.15, 0.2) is 84.9 Å². The zero-order chi connectivity index (χ0) is 22.3. The molecule has 6 rings (SSSR count). The summed E-state index contributed by atoms with van der Waals surface area (Å²) in [5.74, 6) is 1.86. The average Bonchev–Trinajstić information content (AvgIpc) is 3.33. The Labute approximate surface area is 195 Å². The van der Waals surface area contributed by atoms with Gasteiger partial charge in [-0.15, -0.1) is 0 Å². The predicted molar refractivity (Wildman–Crippen MR) is 129 cm³/mol. The molecule has 3 aromatic carbocycles. The Morgan fingerprint density at radius 1 is 0.970 bits per heavy atom. The summed E-state index contributed by atoms with van der Waals surface area (Å²) in [6.07, 6.45) is 4.21. The molecule has 0 amide bonds. The van der Waals surface area contributed by atoms with Gasteiger partial charge < -0.3 is 14.9 Å². The molecule has 5 nitrogen and oxygen atoms in total. The molecule has 3 aliphatic heterocycles. The number of para-hydroxylation sites is 1. The summed E-state index contributed by atoms with van der Waals surface area (Å²) in [4.78, 5) is 2.53. The lowest BCUT2D eigenvalue weighted by atomic mass is 9.92. The predicted octanol–water partition coefficient (Wildman–Crippen LogP) is 4.98. The molecule has 0 saturated carbocycles. The van der Waals surface area contributed by atoms with Crippen molar-refractivity contribution in [2.75, 3.05) is 20.2 Å². The Bertz CT molecular complexity index is 1170. The molecule has 1 N–H and O–H groups in total. The second kappa shape index (κ2) is 8.25. The van der Waals surface area contributed by atoms with Crippen molar-refractivity contribution >= 4 is 5.70 Å². The summed E-state index contributed by atoms with van der Waals surface area (Å²) in [5, 5.41) is 2.35. The average molecular weight is 440 g/mol. The van der Waals surface area contributed by atoms with Crippen molar-refractivity contribution in [2.24, 2.45) is 0 Å². The van der Waals surface area contributed by atoms with Crippen molar-refractivity contribution in [3.8, 4) is 11.5 Å². The molecule has 5 heteroatoms. The van der Waals surface area contributed by atoms with E-state index in [4.69, 9.17) is 9.47 Å². The van der Waals surface area contributed by atoms with E-state index in [9.17, 15) is 0 Å². The first-order chi connectivity index (χ1) is 16.2. The molecule has 0 aliphatic carbocycles. The Hall–Kier alpha value is -3.28. The number of piperidine rings is 1. The first-order valence-corrected chi connectivity index (χ1v) is 11.7. The van der Waals surface area contributed by atoms with E-state index in [0.717, 1.165) is 55.2 Å². The number of rotatable bonds is 4. The molecule has 3 heterocycles. The lowest BCUT2D eigenvalue weighted by Gasteiger charge is -2.51. The van der Waals surface area contributed by atoms with Crippen molar-refractivity contribution in [3.63, 3.8) is 0 Å². The van der Waals surface area contributed by atoms with Gasteiger partial charge in [0.2, 0.25) is 0 Å². The van der Waals surface area contributed by atoms with Crippen LogP contribution >= 0.6 is 0 Å². The Balaban J connectivity index is 1.28. The van der Waals surface area contributed by atoms with Gasteiger partial charge in [0, 0.05) is 43.6 Å². The molecule has 1 saturated heterocycles. The number of nitrogens with one attached hydrogen (secondary N) is 1. The van der Waals surface area contributed by atoms with E-state index in [1.54, 1.807) is 7.11 Å². The maximum Gasteiger partial charge on any atom is 0.182 e. The zero-order valence-corrected chi connectivity index (χ0v) is 18.9. The summed E-state index contributed by atoms with van der Waals surface area (Å²) in [6, 6.07) is 27.6. The van der Waals surface area contributed by atoms with E-state index in [1.807, 2.05) is 12.1 Å². The molecule has 3 aliphatic rings. The minimum atomic E-state index is -0.372. The maximum atomic E-state index is 6.78. The molecule has 0 aromatic heterocycles. The minimum Gasteiger partial charge on any atom is -0.497 e. The summed E-state index contributed by atoms with van der Waals surface area (Å²) >= 11 is 0. The maximum absolute atomic E-state index is 6.78. The van der Waals surface area contributed by atoms with Crippen LogP contribution in [0.5, 0.6) is 11.5 Å². The SMILES string of the molecule is COc1cccc(C2=CC3c4ccccc4OC4(CCN(Cc5ccccc5)CC4)N3N2)c1. The van der Waals surface area contributed by atoms with E-state index >= 15 is 0 Å². The number of hydrazine groups is 1. The molecule has 3 aromatic rings. The fraction of sp³-hybridized carbons (Fsp3) is 0.286. The van der Waals surface area contributed by atoms with Crippen LogP contribution in [0.1, 0.15) is 35.6 Å². The van der Waals surface area contributed by atoms with Crippen LogP contribution in [0, 0.1) is 0 Å². The van der Waals surface area contributed by atoms with E-state index in [1.165, 1.54) is 11.1 Å². The molecular formula is C28H29N3O2. The Kier molecular flexibility index (Phi) is 5.08. The lowest BCUT2D eigenvalue weighted by molar-refractivity contribution is -0.160. The lowest BCUT2D eigenvalue weighted by Crippen LogP contribution is -2.63. The number of benzene rings is 3. The number of likely N-dealkylation sites (tertiary alicyclic amines) is 1. The van der Waals surface area contributed by atoms with E-state index < -0.39 is 0 Å². The van der Waals surface area contributed by atoms with Crippen molar-refractivity contribution in [2.45, 2.75) is 31.2 Å². The van der Waals surface area contributed by atoms with Gasteiger partial charge in [0.05, 0.1) is 18.8 Å². The van der Waals surface area contributed by atoms with Crippen LogP contribution in [0.25, 0.3) is 5.70 Å². The zero-order valence-electron chi connectivity index (χ0n) is 18.9. The second-order valence-corrected chi connectivity index (χ2v) is 9.09. The molecule has 0 radical (unpaired) electrons. The van der Waals surface area contributed by atoms with Crippen molar-refractivity contribution in [3.05, 3.63) is 102 Å². The highest BCUT2D eigenvalue weighted by Gasteiger charge is 2.51. The number of ether oxygens (including phenoxy) is 2.